The number of halogens is 1. The number of ether oxygens (including phenoxy) is 2. The second-order valence-corrected chi connectivity index (χ2v) is 6.00. The Morgan fingerprint density at radius 2 is 1.67 bits per heavy atom. The van der Waals surface area contributed by atoms with Crippen LogP contribution in [0.5, 0.6) is 11.5 Å². The Hall–Kier alpha value is -2.20. The number of carbonyl (C=O) groups is 1. The molecule has 0 aliphatic rings. The number of amides is 1. The van der Waals surface area contributed by atoms with Gasteiger partial charge in [-0.3, -0.25) is 4.79 Å². The van der Waals surface area contributed by atoms with Crippen LogP contribution in [0, 0.1) is 0 Å². The van der Waals surface area contributed by atoms with Crippen molar-refractivity contribution in [1.29, 1.82) is 0 Å². The Kier molecular flexibility index (Phi) is 6.50. The van der Waals surface area contributed by atoms with E-state index in [1.807, 2.05) is 51.1 Å². The summed E-state index contributed by atoms with van der Waals surface area (Å²) in [7, 11) is 0. The average Bonchev–Trinajstić information content (AvgIpc) is 2.55. The van der Waals surface area contributed by atoms with Crippen LogP contribution < -0.4 is 14.8 Å². The minimum Gasteiger partial charge on any atom is -0.489 e. The summed E-state index contributed by atoms with van der Waals surface area (Å²) in [6.07, 6.45) is -0.106. The Morgan fingerprint density at radius 1 is 1.04 bits per heavy atom. The molecule has 1 unspecified atom stereocenters. The molecule has 0 heterocycles. The number of para-hydroxylation sites is 3. The number of carbonyl (C=O) groups excluding carboxylic acids is 1. The van der Waals surface area contributed by atoms with Gasteiger partial charge < -0.3 is 14.8 Å². The number of anilines is 1. The third kappa shape index (κ3) is 4.90. The van der Waals surface area contributed by atoms with Crippen LogP contribution >= 0.6 is 11.6 Å². The van der Waals surface area contributed by atoms with Crippen molar-refractivity contribution in [3.05, 3.63) is 53.6 Å². The Morgan fingerprint density at radius 3 is 2.29 bits per heavy atom. The molecule has 128 valence electrons. The van der Waals surface area contributed by atoms with Crippen molar-refractivity contribution >= 4 is 23.2 Å². The first kappa shape index (κ1) is 18.1. The van der Waals surface area contributed by atoms with E-state index in [9.17, 15) is 4.79 Å². The van der Waals surface area contributed by atoms with Gasteiger partial charge in [-0.1, -0.05) is 42.8 Å². The van der Waals surface area contributed by atoms with Gasteiger partial charge in [-0.15, -0.1) is 0 Å². The van der Waals surface area contributed by atoms with E-state index in [4.69, 9.17) is 21.1 Å². The summed E-state index contributed by atoms with van der Waals surface area (Å²) in [6, 6.07) is 14.4. The van der Waals surface area contributed by atoms with Gasteiger partial charge >= 0.3 is 0 Å². The largest absolute Gasteiger partial charge is 0.489 e. The van der Waals surface area contributed by atoms with E-state index in [2.05, 4.69) is 5.32 Å². The second kappa shape index (κ2) is 8.60. The molecule has 2 aromatic carbocycles. The fourth-order valence-electron chi connectivity index (χ4n) is 2.16. The summed E-state index contributed by atoms with van der Waals surface area (Å²) in [4.78, 5) is 12.6. The van der Waals surface area contributed by atoms with E-state index in [1.54, 1.807) is 18.2 Å². The molecule has 4 nitrogen and oxygen atoms in total. The predicted octanol–water partition coefficient (Wildman–Crippen LogP) is 4.92. The van der Waals surface area contributed by atoms with Gasteiger partial charge in [0.25, 0.3) is 5.91 Å². The Labute approximate surface area is 147 Å². The summed E-state index contributed by atoms with van der Waals surface area (Å²) >= 11 is 6.10. The van der Waals surface area contributed by atoms with Gasteiger partial charge in [0.2, 0.25) is 0 Å². The molecule has 0 bridgehead atoms. The van der Waals surface area contributed by atoms with Crippen LogP contribution in [0.15, 0.2) is 48.5 Å². The number of hydrogen-bond acceptors (Lipinski definition) is 3. The molecule has 2 rings (SSSR count). The molecule has 24 heavy (non-hydrogen) atoms. The van der Waals surface area contributed by atoms with E-state index < -0.39 is 6.10 Å². The lowest BCUT2D eigenvalue weighted by Crippen LogP contribution is -2.32. The maximum Gasteiger partial charge on any atom is 0.265 e. The van der Waals surface area contributed by atoms with Gasteiger partial charge in [-0.05, 0) is 44.5 Å². The minimum atomic E-state index is -0.642. The van der Waals surface area contributed by atoms with Gasteiger partial charge in [-0.2, -0.15) is 0 Å². The maximum atomic E-state index is 12.6. The van der Waals surface area contributed by atoms with E-state index in [-0.39, 0.29) is 12.0 Å². The van der Waals surface area contributed by atoms with E-state index >= 15 is 0 Å². The molecular formula is C19H22ClNO3. The summed E-state index contributed by atoms with van der Waals surface area (Å²) in [6.45, 7) is 5.76. The van der Waals surface area contributed by atoms with E-state index in [1.165, 1.54) is 0 Å². The van der Waals surface area contributed by atoms with Crippen LogP contribution in [-0.4, -0.2) is 18.1 Å². The lowest BCUT2D eigenvalue weighted by molar-refractivity contribution is -0.122. The molecule has 5 heteroatoms. The van der Waals surface area contributed by atoms with Gasteiger partial charge in [0.15, 0.2) is 6.10 Å². The predicted molar refractivity (Wildman–Crippen MR) is 97.0 cm³/mol. The lowest BCUT2D eigenvalue weighted by atomic mass is 10.2. The average molecular weight is 348 g/mol. The molecule has 0 radical (unpaired) electrons. The van der Waals surface area contributed by atoms with Crippen molar-refractivity contribution in [2.45, 2.75) is 39.4 Å². The van der Waals surface area contributed by atoms with Crippen LogP contribution in [0.2, 0.25) is 5.02 Å². The molecule has 0 spiro atoms. The van der Waals surface area contributed by atoms with Crippen LogP contribution in [0.1, 0.15) is 27.2 Å². The highest BCUT2D eigenvalue weighted by Crippen LogP contribution is 2.27. The maximum absolute atomic E-state index is 12.6. The van der Waals surface area contributed by atoms with Crippen molar-refractivity contribution in [2.75, 3.05) is 5.32 Å². The molecule has 1 amide bonds. The molecule has 0 aromatic heterocycles. The lowest BCUT2D eigenvalue weighted by Gasteiger charge is -2.20. The summed E-state index contributed by atoms with van der Waals surface area (Å²) < 4.78 is 11.5. The second-order valence-electron chi connectivity index (χ2n) is 5.60. The highest BCUT2D eigenvalue weighted by molar-refractivity contribution is 6.32. The van der Waals surface area contributed by atoms with Crippen molar-refractivity contribution < 1.29 is 14.3 Å². The van der Waals surface area contributed by atoms with Gasteiger partial charge in [0.05, 0.1) is 16.8 Å². The first-order valence-corrected chi connectivity index (χ1v) is 8.36. The zero-order valence-electron chi connectivity index (χ0n) is 14.1. The van der Waals surface area contributed by atoms with Crippen LogP contribution in [-0.2, 0) is 4.79 Å². The summed E-state index contributed by atoms with van der Waals surface area (Å²) in [5.41, 5.74) is 0.623. The first-order chi connectivity index (χ1) is 11.5. The first-order valence-electron chi connectivity index (χ1n) is 7.99. The number of nitrogens with one attached hydrogen (secondary N) is 1. The quantitative estimate of drug-likeness (QED) is 0.773. The number of hydrogen-bond donors (Lipinski definition) is 1. The van der Waals surface area contributed by atoms with Crippen molar-refractivity contribution in [1.82, 2.24) is 0 Å². The standard InChI is InChI=1S/C19H22ClNO3/c1-4-16(24-17-11-7-5-9-14(17)20)19(22)21-15-10-6-8-12-18(15)23-13(2)3/h5-13,16H,4H2,1-3H3,(H,21,22). The van der Waals surface area contributed by atoms with Gasteiger partial charge in [-0.25, -0.2) is 0 Å². The molecule has 1 N–H and O–H groups in total. The van der Waals surface area contributed by atoms with E-state index in [0.717, 1.165) is 0 Å². The fourth-order valence-corrected chi connectivity index (χ4v) is 2.34. The van der Waals surface area contributed by atoms with Gasteiger partial charge in [0, 0.05) is 0 Å². The van der Waals surface area contributed by atoms with Crippen LogP contribution in [0.3, 0.4) is 0 Å². The fraction of sp³-hybridized carbons (Fsp3) is 0.316. The number of rotatable bonds is 7. The molecule has 0 fully saturated rings. The molecule has 0 aliphatic carbocycles. The third-order valence-corrected chi connectivity index (χ3v) is 3.59. The van der Waals surface area contributed by atoms with E-state index in [0.29, 0.717) is 28.6 Å². The summed E-state index contributed by atoms with van der Waals surface area (Å²) in [5.74, 6) is 0.888. The van der Waals surface area contributed by atoms with Crippen molar-refractivity contribution in [2.24, 2.45) is 0 Å². The zero-order valence-corrected chi connectivity index (χ0v) is 14.8. The molecule has 0 aliphatic heterocycles. The molecule has 0 saturated heterocycles. The van der Waals surface area contributed by atoms with Crippen molar-refractivity contribution in [3.8, 4) is 11.5 Å². The van der Waals surface area contributed by atoms with Crippen LogP contribution in [0.25, 0.3) is 0 Å². The zero-order chi connectivity index (χ0) is 17.5. The SMILES string of the molecule is CCC(Oc1ccccc1Cl)C(=O)Nc1ccccc1OC(C)C. The molecule has 1 atom stereocenters. The topological polar surface area (TPSA) is 47.6 Å². The smallest absolute Gasteiger partial charge is 0.265 e. The third-order valence-electron chi connectivity index (χ3n) is 3.28. The number of benzene rings is 2. The normalized spacial score (nSPS) is 11.9. The van der Waals surface area contributed by atoms with Crippen LogP contribution in [0.4, 0.5) is 5.69 Å². The molecule has 0 saturated carbocycles. The highest BCUT2D eigenvalue weighted by atomic mass is 35.5. The molecule has 2 aromatic rings. The van der Waals surface area contributed by atoms with Crippen molar-refractivity contribution in [3.63, 3.8) is 0 Å². The molecular weight excluding hydrogens is 326 g/mol. The monoisotopic (exact) mass is 347 g/mol. The Bertz CT molecular complexity index is 688. The highest BCUT2D eigenvalue weighted by Gasteiger charge is 2.21. The minimum absolute atomic E-state index is 0.0180. The van der Waals surface area contributed by atoms with Gasteiger partial charge in [0.1, 0.15) is 11.5 Å². The Balaban J connectivity index is 2.11. The summed E-state index contributed by atoms with van der Waals surface area (Å²) in [5, 5.41) is 3.35.